The molecule has 1 atom stereocenters. The van der Waals surface area contributed by atoms with Crippen LogP contribution in [0.4, 0.5) is 0 Å². The molecule has 0 saturated carbocycles. The number of hydrogen-bond donors (Lipinski definition) is 1. The molecule has 188 valence electrons. The highest BCUT2D eigenvalue weighted by Crippen LogP contribution is 2.20. The summed E-state index contributed by atoms with van der Waals surface area (Å²) in [6.45, 7) is 10.7. The molecule has 1 N–H and O–H groups in total. The summed E-state index contributed by atoms with van der Waals surface area (Å²) in [5.41, 5.74) is 1.23. The molecule has 35 heavy (non-hydrogen) atoms. The SMILES string of the molecule is Cc1cccc(OC[C@@]2(O)COCCN(Cc3ccc(OCCn4ccnc4C(C)C)cc3)C2)c1. The topological polar surface area (TPSA) is 69.0 Å². The number of β-amino-alcohol motifs (C(OH)–C–C–N with tert-alkyl or cyclic N) is 1. The van der Waals surface area contributed by atoms with Gasteiger partial charge in [-0.1, -0.05) is 38.1 Å². The van der Waals surface area contributed by atoms with E-state index in [0.29, 0.717) is 25.7 Å². The van der Waals surface area contributed by atoms with E-state index in [2.05, 4.69) is 40.4 Å². The summed E-state index contributed by atoms with van der Waals surface area (Å²) in [5.74, 6) is 3.08. The van der Waals surface area contributed by atoms with E-state index >= 15 is 0 Å². The van der Waals surface area contributed by atoms with Crippen molar-refractivity contribution in [3.8, 4) is 11.5 Å². The van der Waals surface area contributed by atoms with Crippen molar-refractivity contribution in [2.24, 2.45) is 0 Å². The lowest BCUT2D eigenvalue weighted by Gasteiger charge is -2.30. The van der Waals surface area contributed by atoms with E-state index < -0.39 is 5.60 Å². The van der Waals surface area contributed by atoms with Crippen molar-refractivity contribution in [3.63, 3.8) is 0 Å². The number of benzene rings is 2. The normalized spacial score (nSPS) is 19.0. The Balaban J connectivity index is 1.28. The molecule has 0 radical (unpaired) electrons. The highest BCUT2D eigenvalue weighted by atomic mass is 16.5. The maximum absolute atomic E-state index is 11.2. The minimum atomic E-state index is -1.06. The maximum Gasteiger partial charge on any atom is 0.134 e. The first kappa shape index (κ1) is 25.2. The molecule has 0 unspecified atom stereocenters. The standard InChI is InChI=1S/C28H37N3O4/c1-22(2)27-29-11-12-31(27)14-16-34-25-9-7-24(8-10-25)18-30-13-15-33-20-28(32,19-30)21-35-26-6-4-5-23(3)17-26/h4-12,17,22,32H,13-16,18-21H2,1-3H3/t28-/m0/s1. The third kappa shape index (κ3) is 7.31. The fourth-order valence-electron chi connectivity index (χ4n) is 4.36. The summed E-state index contributed by atoms with van der Waals surface area (Å²) >= 11 is 0. The molecule has 1 aliphatic heterocycles. The van der Waals surface area contributed by atoms with Crippen LogP contribution in [-0.2, 0) is 17.8 Å². The monoisotopic (exact) mass is 479 g/mol. The van der Waals surface area contributed by atoms with Crippen molar-refractivity contribution in [2.45, 2.75) is 45.4 Å². The van der Waals surface area contributed by atoms with E-state index in [1.807, 2.05) is 55.7 Å². The van der Waals surface area contributed by atoms with Crippen molar-refractivity contribution in [3.05, 3.63) is 77.9 Å². The van der Waals surface area contributed by atoms with Crippen molar-refractivity contribution in [1.29, 1.82) is 0 Å². The molecule has 1 aliphatic rings. The van der Waals surface area contributed by atoms with Crippen LogP contribution >= 0.6 is 0 Å². The van der Waals surface area contributed by atoms with Crippen LogP contribution in [0.3, 0.4) is 0 Å². The zero-order chi connectivity index (χ0) is 24.7. The zero-order valence-corrected chi connectivity index (χ0v) is 21.0. The molecule has 1 fully saturated rings. The number of nitrogens with zero attached hydrogens (tertiary/aromatic N) is 3. The van der Waals surface area contributed by atoms with Crippen LogP contribution in [0, 0.1) is 6.92 Å². The van der Waals surface area contributed by atoms with Gasteiger partial charge in [-0.05, 0) is 42.3 Å². The predicted molar refractivity (Wildman–Crippen MR) is 136 cm³/mol. The Morgan fingerprint density at radius 2 is 1.94 bits per heavy atom. The Kier molecular flexibility index (Phi) is 8.44. The number of hydrogen-bond acceptors (Lipinski definition) is 6. The van der Waals surface area contributed by atoms with E-state index in [1.165, 1.54) is 0 Å². The Bertz CT molecular complexity index is 1070. The lowest BCUT2D eigenvalue weighted by molar-refractivity contribution is -0.0646. The van der Waals surface area contributed by atoms with Crippen molar-refractivity contribution in [1.82, 2.24) is 14.5 Å². The molecular formula is C28H37N3O4. The molecule has 3 aromatic rings. The van der Waals surface area contributed by atoms with E-state index in [1.54, 1.807) is 0 Å². The first-order valence-corrected chi connectivity index (χ1v) is 12.3. The quantitative estimate of drug-likeness (QED) is 0.473. The third-order valence-corrected chi connectivity index (χ3v) is 6.13. The van der Waals surface area contributed by atoms with Crippen LogP contribution in [0.5, 0.6) is 11.5 Å². The van der Waals surface area contributed by atoms with Gasteiger partial charge in [-0.25, -0.2) is 4.98 Å². The maximum atomic E-state index is 11.2. The molecule has 2 aromatic carbocycles. The summed E-state index contributed by atoms with van der Waals surface area (Å²) in [7, 11) is 0. The van der Waals surface area contributed by atoms with Gasteiger partial charge in [0.1, 0.15) is 36.1 Å². The van der Waals surface area contributed by atoms with Gasteiger partial charge in [0.15, 0.2) is 0 Å². The van der Waals surface area contributed by atoms with Gasteiger partial charge in [-0.2, -0.15) is 0 Å². The summed E-state index contributed by atoms with van der Waals surface area (Å²) in [4.78, 5) is 6.64. The van der Waals surface area contributed by atoms with Crippen LogP contribution in [-0.4, -0.2) is 64.7 Å². The van der Waals surface area contributed by atoms with Crippen molar-refractivity contribution in [2.75, 3.05) is 39.5 Å². The minimum Gasteiger partial charge on any atom is -0.492 e. The fourth-order valence-corrected chi connectivity index (χ4v) is 4.36. The number of aryl methyl sites for hydroxylation is 1. The summed E-state index contributed by atoms with van der Waals surface area (Å²) in [5, 5.41) is 11.2. The summed E-state index contributed by atoms with van der Waals surface area (Å²) in [6, 6.07) is 16.0. The molecule has 7 nitrogen and oxygen atoms in total. The molecule has 0 spiro atoms. The second-order valence-corrected chi connectivity index (χ2v) is 9.72. The number of ether oxygens (including phenoxy) is 3. The lowest BCUT2D eigenvalue weighted by Crippen LogP contribution is -2.48. The van der Waals surface area contributed by atoms with Crippen LogP contribution < -0.4 is 9.47 Å². The van der Waals surface area contributed by atoms with E-state index in [9.17, 15) is 5.11 Å². The largest absolute Gasteiger partial charge is 0.492 e. The summed E-state index contributed by atoms with van der Waals surface area (Å²) in [6.07, 6.45) is 3.84. The molecule has 7 heteroatoms. The number of aliphatic hydroxyl groups is 1. The van der Waals surface area contributed by atoms with Gasteiger partial charge < -0.3 is 23.9 Å². The lowest BCUT2D eigenvalue weighted by atomic mass is 10.1. The zero-order valence-electron chi connectivity index (χ0n) is 21.0. The van der Waals surface area contributed by atoms with Gasteiger partial charge in [-0.15, -0.1) is 0 Å². The van der Waals surface area contributed by atoms with Gasteiger partial charge in [0.25, 0.3) is 0 Å². The highest BCUT2D eigenvalue weighted by Gasteiger charge is 2.33. The van der Waals surface area contributed by atoms with Crippen molar-refractivity contribution >= 4 is 0 Å². The molecule has 0 aliphatic carbocycles. The second-order valence-electron chi connectivity index (χ2n) is 9.72. The third-order valence-electron chi connectivity index (χ3n) is 6.13. The minimum absolute atomic E-state index is 0.190. The average Bonchev–Trinajstić information content (AvgIpc) is 3.23. The molecule has 0 bridgehead atoms. The molecule has 0 amide bonds. The Morgan fingerprint density at radius 1 is 1.11 bits per heavy atom. The fraction of sp³-hybridized carbons (Fsp3) is 0.464. The smallest absolute Gasteiger partial charge is 0.134 e. The molecule has 2 heterocycles. The first-order valence-electron chi connectivity index (χ1n) is 12.3. The van der Waals surface area contributed by atoms with Gasteiger partial charge in [0.05, 0.1) is 19.8 Å². The van der Waals surface area contributed by atoms with Crippen LogP contribution in [0.25, 0.3) is 0 Å². The molecule has 1 saturated heterocycles. The van der Waals surface area contributed by atoms with Gasteiger partial charge in [0, 0.05) is 37.9 Å². The van der Waals surface area contributed by atoms with E-state index in [4.69, 9.17) is 14.2 Å². The van der Waals surface area contributed by atoms with Crippen molar-refractivity contribution < 1.29 is 19.3 Å². The van der Waals surface area contributed by atoms with Gasteiger partial charge in [0.2, 0.25) is 0 Å². The van der Waals surface area contributed by atoms with Gasteiger partial charge in [-0.3, -0.25) is 4.90 Å². The van der Waals surface area contributed by atoms with E-state index in [-0.39, 0.29) is 13.2 Å². The Labute approximate surface area is 208 Å². The Morgan fingerprint density at radius 3 is 2.71 bits per heavy atom. The van der Waals surface area contributed by atoms with Gasteiger partial charge >= 0.3 is 0 Å². The Hall–Kier alpha value is -2.87. The molecular weight excluding hydrogens is 442 g/mol. The second kappa shape index (κ2) is 11.7. The summed E-state index contributed by atoms with van der Waals surface area (Å²) < 4.78 is 19.7. The van der Waals surface area contributed by atoms with Crippen LogP contribution in [0.1, 0.15) is 36.7 Å². The van der Waals surface area contributed by atoms with Crippen LogP contribution in [0.2, 0.25) is 0 Å². The first-order chi connectivity index (χ1) is 16.9. The highest BCUT2D eigenvalue weighted by molar-refractivity contribution is 5.28. The molecule has 4 rings (SSSR count). The number of aromatic nitrogens is 2. The van der Waals surface area contributed by atoms with Crippen LogP contribution in [0.15, 0.2) is 60.9 Å². The number of imidazole rings is 1. The number of rotatable bonds is 10. The average molecular weight is 480 g/mol. The predicted octanol–water partition coefficient (Wildman–Crippen LogP) is 4.04. The molecule has 1 aromatic heterocycles. The van der Waals surface area contributed by atoms with E-state index in [0.717, 1.165) is 48.1 Å².